The topological polar surface area (TPSA) is 94.7 Å². The summed E-state index contributed by atoms with van der Waals surface area (Å²) in [6, 6.07) is 15.4. The maximum Gasteiger partial charge on any atom is 0.254 e. The molecule has 0 spiro atoms. The molecule has 0 aliphatic rings. The van der Waals surface area contributed by atoms with Crippen molar-refractivity contribution in [3.8, 4) is 16.9 Å². The molecule has 10 heteroatoms. The lowest BCUT2D eigenvalue weighted by atomic mass is 10.0. The molecule has 0 saturated carbocycles. The summed E-state index contributed by atoms with van der Waals surface area (Å²) in [6.45, 7) is 4.73. The molecule has 0 aliphatic heterocycles. The minimum Gasteiger partial charge on any atom is -0.354 e. The van der Waals surface area contributed by atoms with Gasteiger partial charge in [-0.2, -0.15) is 0 Å². The van der Waals surface area contributed by atoms with Gasteiger partial charge in [-0.3, -0.25) is 14.2 Å². The molecule has 1 unspecified atom stereocenters. The lowest BCUT2D eigenvalue weighted by molar-refractivity contribution is -0.124. The minimum atomic E-state index is -0.749. The highest BCUT2D eigenvalue weighted by molar-refractivity contribution is 6.31. The molecule has 2 heterocycles. The molecule has 1 atom stereocenters. The van der Waals surface area contributed by atoms with E-state index in [1.54, 1.807) is 24.4 Å². The molecule has 0 fully saturated rings. The van der Waals surface area contributed by atoms with Crippen LogP contribution < -0.4 is 10.9 Å². The molecule has 1 N–H and O–H groups in total. The Labute approximate surface area is 218 Å². The summed E-state index contributed by atoms with van der Waals surface area (Å²) in [4.78, 5) is 31.0. The Morgan fingerprint density at radius 1 is 1.08 bits per heavy atom. The largest absolute Gasteiger partial charge is 0.354 e. The molecule has 186 valence electrons. The molecular formula is C26H26Cl2N6O2. The second-order valence-corrected chi connectivity index (χ2v) is 9.67. The molecule has 0 bridgehead atoms. The molecule has 2 aromatic heterocycles. The number of halogens is 2. The Bertz CT molecular complexity index is 1400. The van der Waals surface area contributed by atoms with Gasteiger partial charge in [0.15, 0.2) is 5.15 Å². The summed E-state index contributed by atoms with van der Waals surface area (Å²) in [5.41, 5.74) is 2.16. The van der Waals surface area contributed by atoms with Crippen molar-refractivity contribution in [2.24, 2.45) is 5.92 Å². The zero-order chi connectivity index (χ0) is 25.7. The number of carbonyl (C=O) groups excluding carboxylic acids is 1. The van der Waals surface area contributed by atoms with Gasteiger partial charge in [0.25, 0.3) is 5.56 Å². The van der Waals surface area contributed by atoms with E-state index >= 15 is 0 Å². The predicted molar refractivity (Wildman–Crippen MR) is 141 cm³/mol. The van der Waals surface area contributed by atoms with Gasteiger partial charge in [0.2, 0.25) is 5.91 Å². The first-order valence-electron chi connectivity index (χ1n) is 11.6. The van der Waals surface area contributed by atoms with Crippen molar-refractivity contribution in [3.63, 3.8) is 0 Å². The van der Waals surface area contributed by atoms with Gasteiger partial charge in [-0.15, -0.1) is 5.10 Å². The molecule has 8 nitrogen and oxygen atoms in total. The van der Waals surface area contributed by atoms with Crippen LogP contribution in [-0.4, -0.2) is 37.0 Å². The standard InChI is InChI=1S/C26H26Cl2N6O2/c1-17(2)10-11-29-26(36)23(12-18-6-4-3-5-7-18)33-16-30-21(14-25(33)35)20-13-19(27)8-9-22(20)34-15-24(28)31-32-34/h3-9,13-17,23H,10-12H2,1-2H3,(H,29,36). The Morgan fingerprint density at radius 2 is 1.86 bits per heavy atom. The SMILES string of the molecule is CC(C)CCNC(=O)C(Cc1ccccc1)n1cnc(-c2cc(Cl)ccc2-n2cc(Cl)nn2)cc1=O. The van der Waals surface area contributed by atoms with Crippen LogP contribution in [0.4, 0.5) is 0 Å². The number of aromatic nitrogens is 5. The molecule has 2 aromatic carbocycles. The van der Waals surface area contributed by atoms with Crippen LogP contribution >= 0.6 is 23.2 Å². The van der Waals surface area contributed by atoms with Crippen LogP contribution in [0.25, 0.3) is 16.9 Å². The number of carbonyl (C=O) groups is 1. The van der Waals surface area contributed by atoms with Crippen LogP contribution in [0.1, 0.15) is 31.9 Å². The van der Waals surface area contributed by atoms with Gasteiger partial charge in [0.1, 0.15) is 6.04 Å². The second kappa shape index (κ2) is 11.5. The first kappa shape index (κ1) is 25.6. The molecule has 0 aliphatic carbocycles. The van der Waals surface area contributed by atoms with E-state index in [4.69, 9.17) is 23.2 Å². The molecule has 0 saturated heterocycles. The van der Waals surface area contributed by atoms with Gasteiger partial charge in [-0.1, -0.05) is 72.6 Å². The average Bonchev–Trinajstić information content (AvgIpc) is 3.29. The number of benzene rings is 2. The zero-order valence-electron chi connectivity index (χ0n) is 19.9. The highest BCUT2D eigenvalue weighted by Crippen LogP contribution is 2.28. The Balaban J connectivity index is 1.70. The Kier molecular flexibility index (Phi) is 8.18. The third-order valence-electron chi connectivity index (χ3n) is 5.71. The van der Waals surface area contributed by atoms with E-state index in [2.05, 4.69) is 34.5 Å². The molecule has 4 rings (SSSR count). The third kappa shape index (κ3) is 6.19. The van der Waals surface area contributed by atoms with Gasteiger partial charge < -0.3 is 5.32 Å². The Hall–Kier alpha value is -3.49. The number of nitrogens with zero attached hydrogens (tertiary/aromatic N) is 5. The van der Waals surface area contributed by atoms with E-state index < -0.39 is 6.04 Å². The summed E-state index contributed by atoms with van der Waals surface area (Å²) < 4.78 is 2.86. The van der Waals surface area contributed by atoms with E-state index in [1.165, 1.54) is 21.6 Å². The minimum absolute atomic E-state index is 0.225. The molecular weight excluding hydrogens is 499 g/mol. The smallest absolute Gasteiger partial charge is 0.254 e. The Morgan fingerprint density at radius 3 is 2.53 bits per heavy atom. The highest BCUT2D eigenvalue weighted by atomic mass is 35.5. The summed E-state index contributed by atoms with van der Waals surface area (Å²) >= 11 is 12.2. The molecule has 4 aromatic rings. The van der Waals surface area contributed by atoms with Crippen molar-refractivity contribution in [2.75, 3.05) is 6.54 Å². The van der Waals surface area contributed by atoms with E-state index in [0.29, 0.717) is 40.9 Å². The average molecular weight is 525 g/mol. The lowest BCUT2D eigenvalue weighted by Crippen LogP contribution is -2.39. The summed E-state index contributed by atoms with van der Waals surface area (Å²) in [7, 11) is 0. The third-order valence-corrected chi connectivity index (χ3v) is 6.12. The van der Waals surface area contributed by atoms with Crippen molar-refractivity contribution in [2.45, 2.75) is 32.7 Å². The summed E-state index contributed by atoms with van der Waals surface area (Å²) in [6.07, 6.45) is 4.16. The van der Waals surface area contributed by atoms with Crippen LogP contribution in [0, 0.1) is 5.92 Å². The van der Waals surface area contributed by atoms with Gasteiger partial charge >= 0.3 is 0 Å². The van der Waals surface area contributed by atoms with Gasteiger partial charge in [-0.25, -0.2) is 9.67 Å². The number of hydrogen-bond donors (Lipinski definition) is 1. The predicted octanol–water partition coefficient (Wildman–Crippen LogP) is 4.74. The second-order valence-electron chi connectivity index (χ2n) is 8.85. The molecule has 1 amide bonds. The lowest BCUT2D eigenvalue weighted by Gasteiger charge is -2.20. The number of rotatable bonds is 9. The monoisotopic (exact) mass is 524 g/mol. The maximum absolute atomic E-state index is 13.3. The van der Waals surface area contributed by atoms with Crippen LogP contribution in [0.3, 0.4) is 0 Å². The number of hydrogen-bond acceptors (Lipinski definition) is 5. The fraction of sp³-hybridized carbons (Fsp3) is 0.269. The summed E-state index contributed by atoms with van der Waals surface area (Å²) in [5.74, 6) is 0.227. The molecule has 36 heavy (non-hydrogen) atoms. The maximum atomic E-state index is 13.3. The quantitative estimate of drug-likeness (QED) is 0.341. The van der Waals surface area contributed by atoms with Crippen molar-refractivity contribution in [1.82, 2.24) is 29.9 Å². The first-order valence-corrected chi connectivity index (χ1v) is 12.4. The normalized spacial score (nSPS) is 12.0. The van der Waals surface area contributed by atoms with Crippen LogP contribution in [0.2, 0.25) is 10.2 Å². The summed E-state index contributed by atoms with van der Waals surface area (Å²) in [5, 5.41) is 11.5. The van der Waals surface area contributed by atoms with Gasteiger partial charge in [0, 0.05) is 29.6 Å². The van der Waals surface area contributed by atoms with Crippen LogP contribution in [0.15, 0.2) is 71.9 Å². The van der Waals surface area contributed by atoms with Crippen molar-refractivity contribution < 1.29 is 4.79 Å². The van der Waals surface area contributed by atoms with Crippen molar-refractivity contribution in [1.29, 1.82) is 0 Å². The highest BCUT2D eigenvalue weighted by Gasteiger charge is 2.23. The van der Waals surface area contributed by atoms with Crippen LogP contribution in [-0.2, 0) is 11.2 Å². The van der Waals surface area contributed by atoms with Crippen molar-refractivity contribution >= 4 is 29.1 Å². The van der Waals surface area contributed by atoms with Gasteiger partial charge in [0.05, 0.1) is 23.9 Å². The molecule has 0 radical (unpaired) electrons. The number of nitrogens with one attached hydrogen (secondary N) is 1. The van der Waals surface area contributed by atoms with Crippen molar-refractivity contribution in [3.05, 3.63) is 93.2 Å². The fourth-order valence-electron chi connectivity index (χ4n) is 3.82. The van der Waals surface area contributed by atoms with E-state index in [1.807, 2.05) is 30.3 Å². The first-order chi connectivity index (χ1) is 17.3. The van der Waals surface area contributed by atoms with E-state index in [-0.39, 0.29) is 16.6 Å². The number of amides is 1. The van der Waals surface area contributed by atoms with Crippen LogP contribution in [0.5, 0.6) is 0 Å². The fourth-order valence-corrected chi connectivity index (χ4v) is 4.12. The van der Waals surface area contributed by atoms with E-state index in [9.17, 15) is 9.59 Å². The van der Waals surface area contributed by atoms with Gasteiger partial charge in [-0.05, 0) is 36.1 Å². The zero-order valence-corrected chi connectivity index (χ0v) is 21.4. The van der Waals surface area contributed by atoms with E-state index in [0.717, 1.165) is 12.0 Å².